The van der Waals surface area contributed by atoms with E-state index >= 15 is 0 Å². The van der Waals surface area contributed by atoms with Crippen molar-refractivity contribution in [2.45, 2.75) is 18.5 Å². The highest BCUT2D eigenvalue weighted by atomic mass is 127. The largest absolute Gasteiger partial charge is 0.492 e. The Bertz CT molecular complexity index is 539. The van der Waals surface area contributed by atoms with E-state index in [9.17, 15) is 26.7 Å². The molecule has 8 heteroatoms. The summed E-state index contributed by atoms with van der Waals surface area (Å²) in [5, 5.41) is 0. The summed E-state index contributed by atoms with van der Waals surface area (Å²) in [5.74, 6) is -7.87. The van der Waals surface area contributed by atoms with Gasteiger partial charge in [0.1, 0.15) is 5.75 Å². The number of carbonyl (C=O) groups excluding carboxylic acids is 1. The van der Waals surface area contributed by atoms with Crippen molar-refractivity contribution in [2.75, 3.05) is 6.61 Å². The monoisotopic (exact) mass is 392 g/mol. The number of rotatable bonds is 2. The van der Waals surface area contributed by atoms with E-state index in [0.717, 1.165) is 6.07 Å². The molecule has 0 spiro atoms. The molecule has 2 nitrogen and oxygen atoms in total. The highest BCUT2D eigenvalue weighted by Gasteiger charge is 2.63. The number of hydrogen-bond acceptors (Lipinski definition) is 2. The SMILES string of the molecule is O=C(c1cc(I)cc2c1OCC2)C(F)(F)C(F)(F)F. The predicted molar refractivity (Wildman–Crippen MR) is 63.7 cm³/mol. The zero-order valence-corrected chi connectivity index (χ0v) is 11.3. The van der Waals surface area contributed by atoms with Crippen LogP contribution in [0, 0.1) is 3.57 Å². The number of benzene rings is 1. The van der Waals surface area contributed by atoms with Crippen molar-refractivity contribution in [1.29, 1.82) is 0 Å². The van der Waals surface area contributed by atoms with Gasteiger partial charge in [-0.15, -0.1) is 0 Å². The lowest BCUT2D eigenvalue weighted by Crippen LogP contribution is -2.44. The topological polar surface area (TPSA) is 26.3 Å². The van der Waals surface area contributed by atoms with Gasteiger partial charge in [-0.3, -0.25) is 4.79 Å². The Morgan fingerprint density at radius 3 is 2.42 bits per heavy atom. The third kappa shape index (κ3) is 2.41. The van der Waals surface area contributed by atoms with Crippen LogP contribution in [0.3, 0.4) is 0 Å². The molecule has 1 aliphatic heterocycles. The van der Waals surface area contributed by atoms with Crippen LogP contribution in [0.1, 0.15) is 15.9 Å². The van der Waals surface area contributed by atoms with E-state index in [1.54, 1.807) is 28.7 Å². The predicted octanol–water partition coefficient (Wildman–Crippen LogP) is 3.61. The summed E-state index contributed by atoms with van der Waals surface area (Å²) in [6, 6.07) is 2.57. The van der Waals surface area contributed by atoms with E-state index in [-0.39, 0.29) is 12.4 Å². The normalized spacial score (nSPS) is 15.1. The molecule has 1 aromatic rings. The number of halogens is 6. The minimum atomic E-state index is -5.92. The molecule has 0 atom stereocenters. The number of Topliss-reactive ketones (excluding diaryl/α,β-unsaturated/α-hetero) is 1. The molecule has 1 aliphatic rings. The molecule has 2 rings (SSSR count). The van der Waals surface area contributed by atoms with Crippen molar-refractivity contribution < 1.29 is 31.5 Å². The van der Waals surface area contributed by atoms with E-state index in [4.69, 9.17) is 4.74 Å². The summed E-state index contributed by atoms with van der Waals surface area (Å²) in [7, 11) is 0. The van der Waals surface area contributed by atoms with Crippen LogP contribution in [-0.2, 0) is 6.42 Å². The first-order chi connectivity index (χ1) is 8.64. The minimum Gasteiger partial charge on any atom is -0.492 e. The van der Waals surface area contributed by atoms with Crippen LogP contribution >= 0.6 is 22.6 Å². The first kappa shape index (κ1) is 14.5. The highest BCUT2D eigenvalue weighted by molar-refractivity contribution is 14.1. The standard InChI is InChI=1S/C11H6F5IO2/c12-10(13,11(14,15)16)9(18)7-4-6(17)3-5-1-2-19-8(5)7/h3-4H,1-2H2. The van der Waals surface area contributed by atoms with Gasteiger partial charge in [0, 0.05) is 9.99 Å². The van der Waals surface area contributed by atoms with Gasteiger partial charge in [-0.25, -0.2) is 0 Å². The Morgan fingerprint density at radius 1 is 1.21 bits per heavy atom. The summed E-state index contributed by atoms with van der Waals surface area (Å²) in [6.45, 7) is 0.160. The van der Waals surface area contributed by atoms with Crippen LogP contribution in [0.25, 0.3) is 0 Å². The van der Waals surface area contributed by atoms with Crippen LogP contribution in [0.2, 0.25) is 0 Å². The fourth-order valence-electron chi connectivity index (χ4n) is 1.74. The van der Waals surface area contributed by atoms with Crippen molar-refractivity contribution in [3.8, 4) is 5.75 Å². The van der Waals surface area contributed by atoms with Crippen LogP contribution < -0.4 is 4.74 Å². The smallest absolute Gasteiger partial charge is 0.461 e. The molecule has 0 amide bonds. The molecular formula is C11H6F5IO2. The van der Waals surface area contributed by atoms with E-state index < -0.39 is 23.4 Å². The number of carbonyl (C=O) groups is 1. The Balaban J connectivity index is 2.52. The summed E-state index contributed by atoms with van der Waals surface area (Å²) in [6.07, 6.45) is -5.54. The third-order valence-electron chi connectivity index (χ3n) is 2.63. The molecule has 0 bridgehead atoms. The molecule has 104 valence electrons. The van der Waals surface area contributed by atoms with Gasteiger partial charge >= 0.3 is 12.1 Å². The van der Waals surface area contributed by atoms with Crippen molar-refractivity contribution in [1.82, 2.24) is 0 Å². The molecule has 0 fully saturated rings. The Hall–Kier alpha value is -0.930. The second-order valence-corrected chi connectivity index (χ2v) is 5.19. The number of ether oxygens (including phenoxy) is 1. The minimum absolute atomic E-state index is 0.160. The molecule has 0 aromatic heterocycles. The lowest BCUT2D eigenvalue weighted by Gasteiger charge is -2.19. The van der Waals surface area contributed by atoms with Gasteiger partial charge in [-0.05, 0) is 40.3 Å². The lowest BCUT2D eigenvalue weighted by atomic mass is 10.0. The van der Waals surface area contributed by atoms with Crippen LogP contribution in [0.15, 0.2) is 12.1 Å². The quantitative estimate of drug-likeness (QED) is 0.437. The van der Waals surface area contributed by atoms with Gasteiger partial charge in [0.15, 0.2) is 0 Å². The van der Waals surface area contributed by atoms with Crippen LogP contribution in [-0.4, -0.2) is 24.5 Å². The van der Waals surface area contributed by atoms with E-state index in [2.05, 4.69) is 0 Å². The molecule has 0 radical (unpaired) electrons. The Morgan fingerprint density at radius 2 is 1.84 bits per heavy atom. The summed E-state index contributed by atoms with van der Waals surface area (Å²) in [5.41, 5.74) is -0.255. The summed E-state index contributed by atoms with van der Waals surface area (Å²) < 4.78 is 68.2. The second-order valence-electron chi connectivity index (χ2n) is 3.94. The average molecular weight is 392 g/mol. The number of alkyl halides is 5. The summed E-state index contributed by atoms with van der Waals surface area (Å²) in [4.78, 5) is 11.5. The zero-order chi connectivity index (χ0) is 14.4. The number of ketones is 1. The van der Waals surface area contributed by atoms with Crippen LogP contribution in [0.4, 0.5) is 22.0 Å². The molecule has 0 unspecified atom stereocenters. The van der Waals surface area contributed by atoms with Crippen molar-refractivity contribution >= 4 is 28.4 Å². The Labute approximate surface area is 118 Å². The molecule has 0 saturated carbocycles. The fraction of sp³-hybridized carbons (Fsp3) is 0.364. The molecule has 0 N–H and O–H groups in total. The fourth-order valence-corrected chi connectivity index (χ4v) is 2.42. The van der Waals surface area contributed by atoms with E-state index in [1.807, 2.05) is 0 Å². The average Bonchev–Trinajstić information content (AvgIpc) is 2.72. The second kappa shape index (κ2) is 4.57. The van der Waals surface area contributed by atoms with Gasteiger partial charge in [0.25, 0.3) is 0 Å². The first-order valence-electron chi connectivity index (χ1n) is 5.09. The summed E-state index contributed by atoms with van der Waals surface area (Å²) >= 11 is 1.75. The zero-order valence-electron chi connectivity index (χ0n) is 9.15. The van der Waals surface area contributed by atoms with Crippen molar-refractivity contribution in [3.05, 3.63) is 26.8 Å². The van der Waals surface area contributed by atoms with E-state index in [1.165, 1.54) is 0 Å². The maximum atomic E-state index is 13.1. The number of fused-ring (bicyclic) bond motifs is 1. The van der Waals surface area contributed by atoms with Gasteiger partial charge in [0.05, 0.1) is 12.2 Å². The van der Waals surface area contributed by atoms with Gasteiger partial charge in [0.2, 0.25) is 5.78 Å². The molecule has 1 aromatic carbocycles. The first-order valence-corrected chi connectivity index (χ1v) is 6.17. The maximum absolute atomic E-state index is 13.1. The lowest BCUT2D eigenvalue weighted by molar-refractivity contribution is -0.255. The molecular weight excluding hydrogens is 386 g/mol. The molecule has 1 heterocycles. The highest BCUT2D eigenvalue weighted by Crippen LogP contribution is 2.41. The molecule has 19 heavy (non-hydrogen) atoms. The van der Waals surface area contributed by atoms with Crippen molar-refractivity contribution in [3.63, 3.8) is 0 Å². The Kier molecular flexibility index (Phi) is 3.48. The van der Waals surface area contributed by atoms with Gasteiger partial charge in [-0.1, -0.05) is 0 Å². The third-order valence-corrected chi connectivity index (χ3v) is 3.26. The van der Waals surface area contributed by atoms with E-state index in [0.29, 0.717) is 15.6 Å². The molecule has 0 saturated heterocycles. The van der Waals surface area contributed by atoms with Crippen molar-refractivity contribution in [2.24, 2.45) is 0 Å². The van der Waals surface area contributed by atoms with Gasteiger partial charge in [-0.2, -0.15) is 22.0 Å². The van der Waals surface area contributed by atoms with Crippen LogP contribution in [0.5, 0.6) is 5.75 Å². The van der Waals surface area contributed by atoms with Gasteiger partial charge < -0.3 is 4.74 Å². The number of hydrogen-bond donors (Lipinski definition) is 0. The maximum Gasteiger partial charge on any atom is 0.461 e. The molecule has 0 aliphatic carbocycles.